The molecule has 0 unspecified atom stereocenters. The van der Waals surface area contributed by atoms with Gasteiger partial charge in [-0.3, -0.25) is 4.98 Å². The Morgan fingerprint density at radius 3 is 3.00 bits per heavy atom. The lowest BCUT2D eigenvalue weighted by Crippen LogP contribution is -2.20. The summed E-state index contributed by atoms with van der Waals surface area (Å²) in [7, 11) is 0. The lowest BCUT2D eigenvalue weighted by atomic mass is 10.2. The number of nitrogens with one attached hydrogen (secondary N) is 1. The van der Waals surface area contributed by atoms with Crippen molar-refractivity contribution in [1.82, 2.24) is 10.3 Å². The molecule has 0 aromatic carbocycles. The summed E-state index contributed by atoms with van der Waals surface area (Å²) in [6.07, 6.45) is 4.77. The highest BCUT2D eigenvalue weighted by atomic mass is 32.1. The number of aromatic nitrogens is 1. The fraction of sp³-hybridized carbons (Fsp3) is 0.308. The predicted molar refractivity (Wildman–Crippen MR) is 68.7 cm³/mol. The average Bonchev–Trinajstić information content (AvgIpc) is 2.84. The zero-order valence-corrected chi connectivity index (χ0v) is 10.2. The Morgan fingerprint density at radius 2 is 2.31 bits per heavy atom. The quantitative estimate of drug-likeness (QED) is 0.857. The molecule has 16 heavy (non-hydrogen) atoms. The Kier molecular flexibility index (Phi) is 4.08. The second-order valence-electron chi connectivity index (χ2n) is 3.80. The SMILES string of the molecule is C[C@@H](NCCc1cccnc1)c1cccs1. The van der Waals surface area contributed by atoms with Crippen LogP contribution in [-0.2, 0) is 6.42 Å². The van der Waals surface area contributed by atoms with Gasteiger partial charge in [-0.15, -0.1) is 11.3 Å². The summed E-state index contributed by atoms with van der Waals surface area (Å²) < 4.78 is 0. The molecule has 0 radical (unpaired) electrons. The highest BCUT2D eigenvalue weighted by molar-refractivity contribution is 7.10. The Balaban J connectivity index is 1.76. The Bertz CT molecular complexity index is 397. The molecule has 0 spiro atoms. The van der Waals surface area contributed by atoms with Crippen LogP contribution in [0, 0.1) is 0 Å². The van der Waals surface area contributed by atoms with E-state index in [1.54, 1.807) is 11.3 Å². The van der Waals surface area contributed by atoms with Gasteiger partial charge in [-0.05, 0) is 43.0 Å². The van der Waals surface area contributed by atoms with Gasteiger partial charge in [-0.1, -0.05) is 12.1 Å². The van der Waals surface area contributed by atoms with Gasteiger partial charge in [0.05, 0.1) is 0 Å². The highest BCUT2D eigenvalue weighted by Crippen LogP contribution is 2.17. The third kappa shape index (κ3) is 3.15. The molecule has 0 fully saturated rings. The molecule has 0 saturated carbocycles. The van der Waals surface area contributed by atoms with Crippen molar-refractivity contribution in [3.8, 4) is 0 Å². The normalized spacial score (nSPS) is 12.6. The summed E-state index contributed by atoms with van der Waals surface area (Å²) in [6, 6.07) is 8.81. The van der Waals surface area contributed by atoms with Crippen molar-refractivity contribution in [3.63, 3.8) is 0 Å². The molecule has 1 N–H and O–H groups in total. The number of pyridine rings is 1. The second kappa shape index (κ2) is 5.77. The summed E-state index contributed by atoms with van der Waals surface area (Å²) in [5.41, 5.74) is 1.29. The molecule has 2 nitrogen and oxygen atoms in total. The number of rotatable bonds is 5. The van der Waals surface area contributed by atoms with Gasteiger partial charge in [0.15, 0.2) is 0 Å². The van der Waals surface area contributed by atoms with Crippen LogP contribution in [0.15, 0.2) is 42.0 Å². The molecule has 84 valence electrons. The Hall–Kier alpha value is -1.19. The first kappa shape index (κ1) is 11.3. The molecule has 0 aliphatic carbocycles. The predicted octanol–water partition coefficient (Wildman–Crippen LogP) is 3.04. The molecule has 3 heteroatoms. The lowest BCUT2D eigenvalue weighted by molar-refractivity contribution is 0.584. The maximum absolute atomic E-state index is 4.11. The van der Waals surface area contributed by atoms with Crippen LogP contribution in [0.2, 0.25) is 0 Å². The standard InChI is InChI=1S/C13H16N2S/c1-11(13-5-3-9-16-13)15-8-6-12-4-2-7-14-10-12/h2-5,7,9-11,15H,6,8H2,1H3/t11-/m1/s1. The van der Waals surface area contributed by atoms with Gasteiger partial charge in [-0.2, -0.15) is 0 Å². The van der Waals surface area contributed by atoms with E-state index in [9.17, 15) is 0 Å². The van der Waals surface area contributed by atoms with E-state index >= 15 is 0 Å². The molecule has 0 bridgehead atoms. The van der Waals surface area contributed by atoms with E-state index in [-0.39, 0.29) is 0 Å². The van der Waals surface area contributed by atoms with Gasteiger partial charge < -0.3 is 5.32 Å². The van der Waals surface area contributed by atoms with Crippen LogP contribution in [-0.4, -0.2) is 11.5 Å². The first-order valence-electron chi connectivity index (χ1n) is 5.52. The number of nitrogens with zero attached hydrogens (tertiary/aromatic N) is 1. The van der Waals surface area contributed by atoms with Gasteiger partial charge >= 0.3 is 0 Å². The van der Waals surface area contributed by atoms with E-state index in [1.165, 1.54) is 10.4 Å². The number of thiophene rings is 1. The first-order valence-corrected chi connectivity index (χ1v) is 6.40. The zero-order valence-electron chi connectivity index (χ0n) is 9.39. The minimum Gasteiger partial charge on any atom is -0.309 e. The van der Waals surface area contributed by atoms with Gasteiger partial charge in [0.25, 0.3) is 0 Å². The van der Waals surface area contributed by atoms with Crippen molar-refractivity contribution in [2.24, 2.45) is 0 Å². The largest absolute Gasteiger partial charge is 0.309 e. The van der Waals surface area contributed by atoms with Crippen LogP contribution in [0.5, 0.6) is 0 Å². The van der Waals surface area contributed by atoms with Gasteiger partial charge in [-0.25, -0.2) is 0 Å². The average molecular weight is 232 g/mol. The summed E-state index contributed by atoms with van der Waals surface area (Å²) in [5.74, 6) is 0. The minimum atomic E-state index is 0.441. The maximum Gasteiger partial charge on any atom is 0.0386 e. The van der Waals surface area contributed by atoms with Crippen LogP contribution < -0.4 is 5.32 Å². The van der Waals surface area contributed by atoms with Crippen LogP contribution in [0.1, 0.15) is 23.4 Å². The molecular formula is C13H16N2S. The van der Waals surface area contributed by atoms with Gasteiger partial charge in [0.1, 0.15) is 0 Å². The van der Waals surface area contributed by atoms with Crippen molar-refractivity contribution in [3.05, 3.63) is 52.5 Å². The fourth-order valence-electron chi connectivity index (χ4n) is 1.62. The molecular weight excluding hydrogens is 216 g/mol. The van der Waals surface area contributed by atoms with E-state index in [0.29, 0.717) is 6.04 Å². The van der Waals surface area contributed by atoms with Gasteiger partial charge in [0, 0.05) is 23.3 Å². The number of hydrogen-bond donors (Lipinski definition) is 1. The molecule has 2 aromatic heterocycles. The monoisotopic (exact) mass is 232 g/mol. The maximum atomic E-state index is 4.11. The summed E-state index contributed by atoms with van der Waals surface area (Å²) >= 11 is 1.80. The Morgan fingerprint density at radius 1 is 1.38 bits per heavy atom. The topological polar surface area (TPSA) is 24.9 Å². The van der Waals surface area contributed by atoms with E-state index in [4.69, 9.17) is 0 Å². The first-order chi connectivity index (χ1) is 7.86. The summed E-state index contributed by atoms with van der Waals surface area (Å²) in [5, 5.41) is 5.64. The summed E-state index contributed by atoms with van der Waals surface area (Å²) in [6.45, 7) is 3.19. The molecule has 2 rings (SSSR count). The van der Waals surface area contributed by atoms with E-state index in [1.807, 2.05) is 18.5 Å². The van der Waals surface area contributed by atoms with E-state index < -0.39 is 0 Å². The summed E-state index contributed by atoms with van der Waals surface area (Å²) in [4.78, 5) is 5.50. The van der Waals surface area contributed by atoms with Crippen molar-refractivity contribution in [2.75, 3.05) is 6.54 Å². The smallest absolute Gasteiger partial charge is 0.0386 e. The number of hydrogen-bond acceptors (Lipinski definition) is 3. The Labute approximate surface area is 100 Å². The van der Waals surface area contributed by atoms with Crippen LogP contribution in [0.4, 0.5) is 0 Å². The molecule has 0 saturated heterocycles. The fourth-order valence-corrected chi connectivity index (χ4v) is 2.38. The third-order valence-electron chi connectivity index (χ3n) is 2.56. The van der Waals surface area contributed by atoms with Crippen molar-refractivity contribution in [2.45, 2.75) is 19.4 Å². The third-order valence-corrected chi connectivity index (χ3v) is 3.61. The van der Waals surface area contributed by atoms with E-state index in [2.05, 4.69) is 40.8 Å². The van der Waals surface area contributed by atoms with Crippen molar-refractivity contribution >= 4 is 11.3 Å². The molecule has 2 heterocycles. The molecule has 0 aliphatic rings. The van der Waals surface area contributed by atoms with Crippen LogP contribution in [0.25, 0.3) is 0 Å². The van der Waals surface area contributed by atoms with Crippen molar-refractivity contribution < 1.29 is 0 Å². The molecule has 0 amide bonds. The van der Waals surface area contributed by atoms with Gasteiger partial charge in [0.2, 0.25) is 0 Å². The van der Waals surface area contributed by atoms with Crippen LogP contribution in [0.3, 0.4) is 0 Å². The lowest BCUT2D eigenvalue weighted by Gasteiger charge is -2.11. The zero-order chi connectivity index (χ0) is 11.2. The van der Waals surface area contributed by atoms with Crippen molar-refractivity contribution in [1.29, 1.82) is 0 Å². The second-order valence-corrected chi connectivity index (χ2v) is 4.78. The molecule has 1 atom stereocenters. The molecule has 0 aliphatic heterocycles. The van der Waals surface area contributed by atoms with E-state index in [0.717, 1.165) is 13.0 Å². The molecule has 2 aromatic rings. The highest BCUT2D eigenvalue weighted by Gasteiger charge is 2.04. The van der Waals surface area contributed by atoms with Crippen LogP contribution >= 0.6 is 11.3 Å². The minimum absolute atomic E-state index is 0.441.